The lowest BCUT2D eigenvalue weighted by Gasteiger charge is -2.25. The van der Waals surface area contributed by atoms with Crippen LogP contribution in [-0.2, 0) is 13.1 Å². The van der Waals surface area contributed by atoms with Crippen LogP contribution in [0.15, 0.2) is 45.8 Å². The smallest absolute Gasteiger partial charge is 0.253 e. The Morgan fingerprint density at radius 1 is 1.25 bits per heavy atom. The highest BCUT2D eigenvalue weighted by Gasteiger charge is 2.15. The molecule has 0 radical (unpaired) electrons. The second-order valence-electron chi connectivity index (χ2n) is 7.19. The predicted molar refractivity (Wildman–Crippen MR) is 118 cm³/mol. The van der Waals surface area contributed by atoms with E-state index in [0.29, 0.717) is 23.8 Å². The van der Waals surface area contributed by atoms with Gasteiger partial charge in [-0.1, -0.05) is 25.0 Å². The van der Waals surface area contributed by atoms with Crippen LogP contribution in [-0.4, -0.2) is 21.5 Å². The topological polar surface area (TPSA) is 61.3 Å². The molecule has 1 aromatic carbocycles. The normalized spacial score (nSPS) is 11.0. The first kappa shape index (κ1) is 20.1. The minimum Gasteiger partial charge on any atom is -0.467 e. The third-order valence-corrected chi connectivity index (χ3v) is 5.15. The summed E-state index contributed by atoms with van der Waals surface area (Å²) in [6.45, 7) is 7.96. The number of pyridine rings is 1. The van der Waals surface area contributed by atoms with Crippen molar-refractivity contribution in [2.45, 2.75) is 46.7 Å². The molecule has 5 nitrogen and oxygen atoms in total. The maximum atomic E-state index is 12.7. The van der Waals surface area contributed by atoms with Crippen LogP contribution in [0, 0.1) is 13.8 Å². The minimum absolute atomic E-state index is 0.0831. The SMILES string of the molecule is CCCCNC(=S)N(Cc1ccco1)Cc1cc2cc(C)cc(C)c2[nH]c1=O. The summed E-state index contributed by atoms with van der Waals surface area (Å²) in [5.74, 6) is 0.809. The lowest BCUT2D eigenvalue weighted by molar-refractivity contribution is 0.350. The number of aryl methyl sites for hydroxylation is 2. The number of H-pyrrole nitrogens is 1. The number of rotatable bonds is 7. The molecule has 0 aliphatic rings. The number of furan rings is 1. The standard InChI is InChI=1S/C22H27N3O2S/c1-4-5-8-23-22(28)25(14-19-7-6-9-27-19)13-18-12-17-11-15(2)10-16(3)20(17)24-21(18)26/h6-7,9-12H,4-5,8,13-14H2,1-3H3,(H,23,28)(H,24,26). The van der Waals surface area contributed by atoms with Crippen molar-refractivity contribution in [3.8, 4) is 0 Å². The molecule has 0 atom stereocenters. The minimum atomic E-state index is -0.0831. The van der Waals surface area contributed by atoms with Gasteiger partial charge in [-0.2, -0.15) is 0 Å². The van der Waals surface area contributed by atoms with Gasteiger partial charge < -0.3 is 19.6 Å². The van der Waals surface area contributed by atoms with Gasteiger partial charge in [0.25, 0.3) is 5.56 Å². The van der Waals surface area contributed by atoms with Crippen molar-refractivity contribution >= 4 is 28.2 Å². The Labute approximate surface area is 170 Å². The van der Waals surface area contributed by atoms with Crippen LogP contribution in [0.5, 0.6) is 0 Å². The van der Waals surface area contributed by atoms with Gasteiger partial charge in [0, 0.05) is 12.1 Å². The molecule has 0 aliphatic carbocycles. The molecule has 3 rings (SSSR count). The van der Waals surface area contributed by atoms with E-state index in [4.69, 9.17) is 16.6 Å². The van der Waals surface area contributed by atoms with E-state index in [1.54, 1.807) is 6.26 Å². The maximum absolute atomic E-state index is 12.7. The summed E-state index contributed by atoms with van der Waals surface area (Å²) in [5.41, 5.74) is 3.74. The van der Waals surface area contributed by atoms with Crippen molar-refractivity contribution < 1.29 is 4.42 Å². The Morgan fingerprint density at radius 3 is 2.79 bits per heavy atom. The first-order chi connectivity index (χ1) is 13.5. The average molecular weight is 398 g/mol. The summed E-state index contributed by atoms with van der Waals surface area (Å²) in [4.78, 5) is 17.7. The third-order valence-electron chi connectivity index (χ3n) is 4.75. The number of hydrogen-bond acceptors (Lipinski definition) is 3. The molecule has 0 amide bonds. The summed E-state index contributed by atoms with van der Waals surface area (Å²) in [5, 5.41) is 4.96. The molecule has 0 unspecified atom stereocenters. The third kappa shape index (κ3) is 4.81. The monoisotopic (exact) mass is 397 g/mol. The molecular formula is C22H27N3O2S. The number of unbranched alkanes of at least 4 members (excludes halogenated alkanes) is 1. The fraction of sp³-hybridized carbons (Fsp3) is 0.364. The molecule has 28 heavy (non-hydrogen) atoms. The molecule has 0 spiro atoms. The van der Waals surface area contributed by atoms with Crippen molar-refractivity contribution in [2.75, 3.05) is 6.54 Å². The van der Waals surface area contributed by atoms with E-state index in [1.165, 1.54) is 5.56 Å². The molecular weight excluding hydrogens is 370 g/mol. The van der Waals surface area contributed by atoms with Crippen LogP contribution in [0.1, 0.15) is 42.2 Å². The van der Waals surface area contributed by atoms with Crippen molar-refractivity contribution in [1.29, 1.82) is 0 Å². The molecule has 0 saturated heterocycles. The Balaban J connectivity index is 1.89. The zero-order valence-electron chi connectivity index (χ0n) is 16.7. The fourth-order valence-corrected chi connectivity index (χ4v) is 3.56. The van der Waals surface area contributed by atoms with Crippen LogP contribution >= 0.6 is 12.2 Å². The van der Waals surface area contributed by atoms with Crippen LogP contribution < -0.4 is 10.9 Å². The van der Waals surface area contributed by atoms with Gasteiger partial charge >= 0.3 is 0 Å². The molecule has 6 heteroatoms. The van der Waals surface area contributed by atoms with Crippen molar-refractivity contribution in [3.05, 3.63) is 69.4 Å². The Morgan fingerprint density at radius 2 is 2.07 bits per heavy atom. The van der Waals surface area contributed by atoms with Gasteiger partial charge in [-0.25, -0.2) is 0 Å². The van der Waals surface area contributed by atoms with Gasteiger partial charge in [-0.05, 0) is 67.7 Å². The van der Waals surface area contributed by atoms with Crippen LogP contribution in [0.2, 0.25) is 0 Å². The van der Waals surface area contributed by atoms with E-state index in [2.05, 4.69) is 36.3 Å². The number of thiocarbonyl (C=S) groups is 1. The fourth-order valence-electron chi connectivity index (χ4n) is 3.33. The number of aromatic nitrogens is 1. The quantitative estimate of drug-likeness (QED) is 0.457. The van der Waals surface area contributed by atoms with Gasteiger partial charge in [0.15, 0.2) is 5.11 Å². The molecule has 0 bridgehead atoms. The lowest BCUT2D eigenvalue weighted by Crippen LogP contribution is -2.40. The Hall–Kier alpha value is -2.60. The highest BCUT2D eigenvalue weighted by atomic mass is 32.1. The zero-order chi connectivity index (χ0) is 20.1. The van der Waals surface area contributed by atoms with Crippen LogP contribution in [0.25, 0.3) is 10.9 Å². The summed E-state index contributed by atoms with van der Waals surface area (Å²) in [7, 11) is 0. The van der Waals surface area contributed by atoms with Crippen LogP contribution in [0.4, 0.5) is 0 Å². The second kappa shape index (κ2) is 9.06. The van der Waals surface area contributed by atoms with E-state index in [0.717, 1.165) is 41.6 Å². The predicted octanol–water partition coefficient (Wildman–Crippen LogP) is 4.41. The number of fused-ring (bicyclic) bond motifs is 1. The maximum Gasteiger partial charge on any atom is 0.253 e. The van der Waals surface area contributed by atoms with Gasteiger partial charge in [0.2, 0.25) is 0 Å². The summed E-state index contributed by atoms with van der Waals surface area (Å²) < 4.78 is 5.49. The summed E-state index contributed by atoms with van der Waals surface area (Å²) in [6.07, 6.45) is 3.79. The molecule has 2 aromatic heterocycles. The average Bonchev–Trinajstić information content (AvgIpc) is 3.15. The van der Waals surface area contributed by atoms with Gasteiger partial charge in [0.1, 0.15) is 5.76 Å². The summed E-state index contributed by atoms with van der Waals surface area (Å²) in [6, 6.07) is 9.91. The molecule has 148 valence electrons. The zero-order valence-corrected chi connectivity index (χ0v) is 17.5. The molecule has 0 aliphatic heterocycles. The van der Waals surface area contributed by atoms with Gasteiger partial charge in [-0.15, -0.1) is 0 Å². The van der Waals surface area contributed by atoms with Crippen molar-refractivity contribution in [2.24, 2.45) is 0 Å². The Bertz CT molecular complexity index is 1010. The van der Waals surface area contributed by atoms with E-state index in [9.17, 15) is 4.79 Å². The molecule has 0 fully saturated rings. The summed E-state index contributed by atoms with van der Waals surface area (Å²) >= 11 is 5.60. The second-order valence-corrected chi connectivity index (χ2v) is 7.58. The number of benzene rings is 1. The van der Waals surface area contributed by atoms with Gasteiger partial charge in [0.05, 0.1) is 24.9 Å². The lowest BCUT2D eigenvalue weighted by atomic mass is 10.1. The van der Waals surface area contributed by atoms with Crippen LogP contribution in [0.3, 0.4) is 0 Å². The van der Waals surface area contributed by atoms with E-state index < -0.39 is 0 Å². The number of nitrogens with one attached hydrogen (secondary N) is 2. The highest BCUT2D eigenvalue weighted by Crippen LogP contribution is 2.19. The highest BCUT2D eigenvalue weighted by molar-refractivity contribution is 7.80. The van der Waals surface area contributed by atoms with E-state index in [-0.39, 0.29) is 5.56 Å². The number of aromatic amines is 1. The largest absolute Gasteiger partial charge is 0.467 e. The molecule has 3 aromatic rings. The number of hydrogen-bond donors (Lipinski definition) is 2. The first-order valence-corrected chi connectivity index (χ1v) is 10.1. The molecule has 2 N–H and O–H groups in total. The van der Waals surface area contributed by atoms with Crippen molar-refractivity contribution in [3.63, 3.8) is 0 Å². The van der Waals surface area contributed by atoms with E-state index in [1.807, 2.05) is 30.0 Å². The number of nitrogens with zero attached hydrogens (tertiary/aromatic N) is 1. The molecule has 2 heterocycles. The Kier molecular flexibility index (Phi) is 6.52. The van der Waals surface area contributed by atoms with E-state index >= 15 is 0 Å². The van der Waals surface area contributed by atoms with Crippen molar-refractivity contribution in [1.82, 2.24) is 15.2 Å². The van der Waals surface area contributed by atoms with Gasteiger partial charge in [-0.3, -0.25) is 4.79 Å². The first-order valence-electron chi connectivity index (χ1n) is 9.66. The molecule has 0 saturated carbocycles.